The summed E-state index contributed by atoms with van der Waals surface area (Å²) >= 11 is 0. The normalized spacial score (nSPS) is 9.95. The van der Waals surface area contributed by atoms with Crippen LogP contribution in [0.3, 0.4) is 0 Å². The molecule has 0 saturated carbocycles. The van der Waals surface area contributed by atoms with Crippen molar-refractivity contribution in [1.29, 1.82) is 0 Å². The highest BCUT2D eigenvalue weighted by Crippen LogP contribution is 2.18. The van der Waals surface area contributed by atoms with Crippen LogP contribution in [0.4, 0.5) is 17.3 Å². The Labute approximate surface area is 127 Å². The van der Waals surface area contributed by atoms with Gasteiger partial charge >= 0.3 is 5.97 Å². The lowest BCUT2D eigenvalue weighted by atomic mass is 10.2. The van der Waals surface area contributed by atoms with E-state index in [1.165, 1.54) is 14.0 Å². The van der Waals surface area contributed by atoms with Crippen molar-refractivity contribution in [3.63, 3.8) is 0 Å². The molecule has 0 saturated heterocycles. The Balaban J connectivity index is 2.25. The fourth-order valence-electron chi connectivity index (χ4n) is 1.84. The number of benzene rings is 1. The third-order valence-electron chi connectivity index (χ3n) is 2.69. The van der Waals surface area contributed by atoms with Gasteiger partial charge in [-0.2, -0.15) is 0 Å². The molecule has 0 fully saturated rings. The van der Waals surface area contributed by atoms with E-state index < -0.39 is 5.97 Å². The average Bonchev–Trinajstić information content (AvgIpc) is 2.45. The maximum atomic E-state index is 11.6. The van der Waals surface area contributed by atoms with Gasteiger partial charge in [0.25, 0.3) is 0 Å². The van der Waals surface area contributed by atoms with Crippen molar-refractivity contribution < 1.29 is 14.3 Å². The van der Waals surface area contributed by atoms with Crippen LogP contribution in [0.15, 0.2) is 30.3 Å². The van der Waals surface area contributed by atoms with Crippen LogP contribution >= 0.6 is 0 Å². The van der Waals surface area contributed by atoms with Crippen LogP contribution in [0.1, 0.15) is 23.1 Å². The number of nitrogens with one attached hydrogen (secondary N) is 2. The second-order valence-electron chi connectivity index (χ2n) is 4.60. The maximum absolute atomic E-state index is 11.6. The predicted molar refractivity (Wildman–Crippen MR) is 82.1 cm³/mol. The fourth-order valence-corrected chi connectivity index (χ4v) is 1.84. The monoisotopic (exact) mass is 300 g/mol. The minimum Gasteiger partial charge on any atom is -0.464 e. The summed E-state index contributed by atoms with van der Waals surface area (Å²) in [4.78, 5) is 31.0. The SMILES string of the molecule is COC(=O)c1cc(C)nc(Nc2cccc(NC(C)=O)c2)n1. The summed E-state index contributed by atoms with van der Waals surface area (Å²) in [6.45, 7) is 3.19. The molecule has 0 radical (unpaired) electrons. The van der Waals surface area contributed by atoms with Gasteiger partial charge in [-0.1, -0.05) is 6.07 Å². The highest BCUT2D eigenvalue weighted by molar-refractivity contribution is 5.89. The van der Waals surface area contributed by atoms with Crippen LogP contribution < -0.4 is 10.6 Å². The summed E-state index contributed by atoms with van der Waals surface area (Å²) in [7, 11) is 1.30. The highest BCUT2D eigenvalue weighted by atomic mass is 16.5. The molecule has 2 N–H and O–H groups in total. The molecule has 0 aliphatic heterocycles. The smallest absolute Gasteiger partial charge is 0.356 e. The zero-order chi connectivity index (χ0) is 16.1. The van der Waals surface area contributed by atoms with E-state index in [2.05, 4.69) is 25.3 Å². The van der Waals surface area contributed by atoms with Crippen molar-refractivity contribution >= 4 is 29.2 Å². The molecule has 2 rings (SSSR count). The number of methoxy groups -OCH3 is 1. The second-order valence-corrected chi connectivity index (χ2v) is 4.60. The molecule has 0 spiro atoms. The van der Waals surface area contributed by atoms with Gasteiger partial charge in [0.2, 0.25) is 11.9 Å². The number of ether oxygens (including phenoxy) is 1. The zero-order valence-corrected chi connectivity index (χ0v) is 12.5. The van der Waals surface area contributed by atoms with Crippen LogP contribution in [0.25, 0.3) is 0 Å². The lowest BCUT2D eigenvalue weighted by molar-refractivity contribution is -0.114. The van der Waals surface area contributed by atoms with Crippen LogP contribution in [0, 0.1) is 6.92 Å². The molecule has 0 unspecified atom stereocenters. The topological polar surface area (TPSA) is 93.2 Å². The lowest BCUT2D eigenvalue weighted by Gasteiger charge is -2.09. The van der Waals surface area contributed by atoms with E-state index in [-0.39, 0.29) is 17.5 Å². The summed E-state index contributed by atoms with van der Waals surface area (Å²) in [5.74, 6) is -0.405. The van der Waals surface area contributed by atoms with Gasteiger partial charge in [0, 0.05) is 24.0 Å². The van der Waals surface area contributed by atoms with Crippen LogP contribution in [-0.4, -0.2) is 29.0 Å². The summed E-state index contributed by atoms with van der Waals surface area (Å²) in [5.41, 5.74) is 2.15. The summed E-state index contributed by atoms with van der Waals surface area (Å²) in [6, 6.07) is 8.64. The van der Waals surface area contributed by atoms with E-state index in [0.29, 0.717) is 17.1 Å². The number of nitrogens with zero attached hydrogens (tertiary/aromatic N) is 2. The number of carbonyl (C=O) groups is 2. The molecule has 0 aliphatic rings. The van der Waals surface area contributed by atoms with Gasteiger partial charge in [-0.3, -0.25) is 4.79 Å². The number of aryl methyl sites for hydroxylation is 1. The third kappa shape index (κ3) is 4.02. The van der Waals surface area contributed by atoms with E-state index in [1.54, 1.807) is 37.3 Å². The molecular weight excluding hydrogens is 284 g/mol. The van der Waals surface area contributed by atoms with Gasteiger partial charge < -0.3 is 15.4 Å². The molecule has 0 bridgehead atoms. The average molecular weight is 300 g/mol. The number of hydrogen-bond acceptors (Lipinski definition) is 6. The van der Waals surface area contributed by atoms with Crippen molar-refractivity contribution in [1.82, 2.24) is 9.97 Å². The fraction of sp³-hybridized carbons (Fsp3) is 0.200. The first kappa shape index (κ1) is 15.4. The first-order valence-corrected chi connectivity index (χ1v) is 6.56. The first-order chi connectivity index (χ1) is 10.5. The molecule has 7 heteroatoms. The Morgan fingerprint density at radius 3 is 2.55 bits per heavy atom. The van der Waals surface area contributed by atoms with Gasteiger partial charge in [-0.25, -0.2) is 14.8 Å². The Morgan fingerprint density at radius 2 is 1.86 bits per heavy atom. The van der Waals surface area contributed by atoms with E-state index >= 15 is 0 Å². The van der Waals surface area contributed by atoms with Gasteiger partial charge in [0.05, 0.1) is 7.11 Å². The third-order valence-corrected chi connectivity index (χ3v) is 2.69. The molecule has 1 aromatic carbocycles. The van der Waals surface area contributed by atoms with Crippen molar-refractivity contribution in [3.8, 4) is 0 Å². The molecule has 1 aromatic heterocycles. The molecule has 2 aromatic rings. The number of rotatable bonds is 4. The quantitative estimate of drug-likeness (QED) is 0.841. The van der Waals surface area contributed by atoms with Gasteiger partial charge in [0.15, 0.2) is 5.69 Å². The zero-order valence-electron chi connectivity index (χ0n) is 12.5. The molecule has 7 nitrogen and oxygen atoms in total. The Bertz CT molecular complexity index is 716. The highest BCUT2D eigenvalue weighted by Gasteiger charge is 2.10. The first-order valence-electron chi connectivity index (χ1n) is 6.56. The maximum Gasteiger partial charge on any atom is 0.356 e. The Kier molecular flexibility index (Phi) is 4.67. The number of amides is 1. The van der Waals surface area contributed by atoms with Crippen LogP contribution in [0.5, 0.6) is 0 Å². The van der Waals surface area contributed by atoms with Crippen molar-refractivity contribution in [2.75, 3.05) is 17.7 Å². The van der Waals surface area contributed by atoms with E-state index in [9.17, 15) is 9.59 Å². The predicted octanol–water partition coefficient (Wildman–Crippen LogP) is 2.27. The van der Waals surface area contributed by atoms with Crippen molar-refractivity contribution in [2.24, 2.45) is 0 Å². The van der Waals surface area contributed by atoms with Crippen molar-refractivity contribution in [3.05, 3.63) is 41.7 Å². The van der Waals surface area contributed by atoms with Crippen LogP contribution in [0.2, 0.25) is 0 Å². The van der Waals surface area contributed by atoms with Gasteiger partial charge in [-0.15, -0.1) is 0 Å². The lowest BCUT2D eigenvalue weighted by Crippen LogP contribution is -2.09. The van der Waals surface area contributed by atoms with E-state index in [1.807, 2.05) is 0 Å². The van der Waals surface area contributed by atoms with Gasteiger partial charge in [0.1, 0.15) is 0 Å². The molecule has 1 amide bonds. The summed E-state index contributed by atoms with van der Waals surface area (Å²) in [5, 5.41) is 5.68. The molecule has 114 valence electrons. The Hall–Kier alpha value is -2.96. The summed E-state index contributed by atoms with van der Waals surface area (Å²) < 4.78 is 4.65. The van der Waals surface area contributed by atoms with E-state index in [0.717, 1.165) is 0 Å². The van der Waals surface area contributed by atoms with E-state index in [4.69, 9.17) is 0 Å². The Morgan fingerprint density at radius 1 is 1.14 bits per heavy atom. The largest absolute Gasteiger partial charge is 0.464 e. The molecule has 0 atom stereocenters. The minimum absolute atomic E-state index is 0.156. The molecule has 22 heavy (non-hydrogen) atoms. The number of hydrogen-bond donors (Lipinski definition) is 2. The van der Waals surface area contributed by atoms with Gasteiger partial charge in [-0.05, 0) is 31.2 Å². The molecule has 0 aliphatic carbocycles. The van der Waals surface area contributed by atoms with Crippen molar-refractivity contribution in [2.45, 2.75) is 13.8 Å². The molecule has 1 heterocycles. The van der Waals surface area contributed by atoms with Crippen LogP contribution in [-0.2, 0) is 9.53 Å². The minimum atomic E-state index is -0.527. The number of anilines is 3. The standard InChI is InChI=1S/C15H16N4O3/c1-9-7-13(14(21)22-3)19-15(16-9)18-12-6-4-5-11(8-12)17-10(2)20/h4-8H,1-3H3,(H,17,20)(H,16,18,19). The summed E-state index contributed by atoms with van der Waals surface area (Å²) in [6.07, 6.45) is 0. The number of esters is 1. The number of aromatic nitrogens is 2. The number of carbonyl (C=O) groups excluding carboxylic acids is 2. The second kappa shape index (κ2) is 6.66. The molecular formula is C15H16N4O3.